The van der Waals surface area contributed by atoms with Crippen molar-refractivity contribution in [1.29, 1.82) is 0 Å². The molecule has 7 heteroatoms. The Balaban J connectivity index is 1.87. The Morgan fingerprint density at radius 2 is 2.15 bits per heavy atom. The third-order valence-electron chi connectivity index (χ3n) is 3.11. The number of para-hydroxylation sites is 1. The molecule has 0 saturated heterocycles. The second-order valence-electron chi connectivity index (χ2n) is 4.68. The summed E-state index contributed by atoms with van der Waals surface area (Å²) in [5.41, 5.74) is 2.40. The van der Waals surface area contributed by atoms with Gasteiger partial charge in [-0.1, -0.05) is 53.0 Å². The second kappa shape index (κ2) is 6.29. The van der Waals surface area contributed by atoms with Gasteiger partial charge in [0.2, 0.25) is 3.79 Å². The van der Waals surface area contributed by atoms with Gasteiger partial charge in [0.15, 0.2) is 0 Å². The number of alkyl halides is 3. The second-order valence-corrected chi connectivity index (χ2v) is 7.19. The lowest BCUT2D eigenvalue weighted by Crippen LogP contribution is -2.41. The largest absolute Gasteiger partial charge is 0.445 e. The monoisotopic (exact) mass is 336 g/mol. The molecule has 1 aliphatic heterocycles. The fourth-order valence-electron chi connectivity index (χ4n) is 2.22. The molecule has 1 aromatic rings. The summed E-state index contributed by atoms with van der Waals surface area (Å²) in [6.07, 6.45) is 0.356. The van der Waals surface area contributed by atoms with Gasteiger partial charge >= 0.3 is 6.09 Å². The number of anilines is 1. The summed E-state index contributed by atoms with van der Waals surface area (Å²) in [6, 6.07) is 8.43. The highest BCUT2D eigenvalue weighted by atomic mass is 35.6. The van der Waals surface area contributed by atoms with Crippen molar-refractivity contribution < 1.29 is 9.53 Å². The molecule has 0 radical (unpaired) electrons. The topological polar surface area (TPSA) is 41.6 Å². The quantitative estimate of drug-likeness (QED) is 0.858. The normalized spacial score (nSPS) is 17.8. The third-order valence-corrected chi connectivity index (χ3v) is 3.44. The number of carbonyl (C=O) groups excluding carboxylic acids is 1. The van der Waals surface area contributed by atoms with Crippen molar-refractivity contribution in [1.82, 2.24) is 5.32 Å². The van der Waals surface area contributed by atoms with Gasteiger partial charge in [-0.2, -0.15) is 0 Å². The van der Waals surface area contributed by atoms with Gasteiger partial charge in [-0.25, -0.2) is 4.79 Å². The van der Waals surface area contributed by atoms with E-state index in [4.69, 9.17) is 39.5 Å². The van der Waals surface area contributed by atoms with Crippen molar-refractivity contribution in [3.05, 3.63) is 29.8 Å². The molecule has 1 amide bonds. The molecule has 1 aliphatic rings. The van der Waals surface area contributed by atoms with E-state index in [0.717, 1.165) is 12.1 Å². The van der Waals surface area contributed by atoms with Gasteiger partial charge in [-0.15, -0.1) is 0 Å². The zero-order valence-electron chi connectivity index (χ0n) is 10.9. The number of benzene rings is 1. The van der Waals surface area contributed by atoms with Crippen molar-refractivity contribution in [2.45, 2.75) is 23.2 Å². The van der Waals surface area contributed by atoms with E-state index in [9.17, 15) is 4.79 Å². The molecule has 20 heavy (non-hydrogen) atoms. The molecule has 0 fully saturated rings. The lowest BCUT2D eigenvalue weighted by Gasteiger charge is -2.25. The van der Waals surface area contributed by atoms with E-state index in [1.165, 1.54) is 5.56 Å². The molecule has 0 aromatic heterocycles. The van der Waals surface area contributed by atoms with Gasteiger partial charge < -0.3 is 15.0 Å². The van der Waals surface area contributed by atoms with E-state index in [1.807, 2.05) is 18.2 Å². The molecule has 110 valence electrons. The number of carbonyl (C=O) groups is 1. The molecule has 1 atom stereocenters. The van der Waals surface area contributed by atoms with E-state index in [-0.39, 0.29) is 6.61 Å². The Morgan fingerprint density at radius 3 is 2.85 bits per heavy atom. The Morgan fingerprint density at radius 1 is 1.45 bits per heavy atom. The number of fused-ring (bicyclic) bond motifs is 1. The number of alkyl carbamates (subject to hydrolysis) is 1. The average Bonchev–Trinajstić information content (AvgIpc) is 2.69. The summed E-state index contributed by atoms with van der Waals surface area (Å²) in [7, 11) is 0. The number of rotatable bonds is 3. The van der Waals surface area contributed by atoms with Gasteiger partial charge in [-0.3, -0.25) is 0 Å². The molecule has 1 unspecified atom stereocenters. The molecule has 1 aromatic carbocycles. The Hall–Kier alpha value is -0.840. The highest BCUT2D eigenvalue weighted by Gasteiger charge is 2.26. The van der Waals surface area contributed by atoms with E-state index in [2.05, 4.69) is 23.2 Å². The maximum absolute atomic E-state index is 11.5. The Kier molecular flexibility index (Phi) is 4.89. The van der Waals surface area contributed by atoms with Crippen molar-refractivity contribution in [3.63, 3.8) is 0 Å². The molecule has 4 nitrogen and oxygen atoms in total. The van der Waals surface area contributed by atoms with Crippen LogP contribution < -0.4 is 10.2 Å². The van der Waals surface area contributed by atoms with Crippen LogP contribution in [0.25, 0.3) is 0 Å². The summed E-state index contributed by atoms with van der Waals surface area (Å²) in [5.74, 6) is 0. The van der Waals surface area contributed by atoms with Gasteiger partial charge in [0, 0.05) is 11.7 Å². The minimum atomic E-state index is -1.59. The summed E-state index contributed by atoms with van der Waals surface area (Å²) in [6.45, 7) is 2.18. The minimum absolute atomic E-state index is 0.282. The minimum Gasteiger partial charge on any atom is -0.445 e. The Bertz CT molecular complexity index is 491. The van der Waals surface area contributed by atoms with Crippen molar-refractivity contribution in [2.75, 3.05) is 18.2 Å². The van der Waals surface area contributed by atoms with Gasteiger partial charge in [0.1, 0.15) is 6.61 Å². The molecule has 1 heterocycles. The standard InChI is InChI=1S/C13H15Cl3N2O2/c1-9-6-10-4-2-3-5-11(10)18(9)8-17-12(19)20-7-13(14,15)16/h2-5,9H,6-8H2,1H3,(H,17,19). The van der Waals surface area contributed by atoms with Gasteiger partial charge in [0.05, 0.1) is 6.67 Å². The maximum Gasteiger partial charge on any atom is 0.408 e. The molecule has 2 rings (SSSR count). The first-order valence-electron chi connectivity index (χ1n) is 6.19. The zero-order valence-corrected chi connectivity index (χ0v) is 13.2. The van der Waals surface area contributed by atoms with Crippen LogP contribution in [-0.4, -0.2) is 29.2 Å². The molecule has 1 N–H and O–H groups in total. The number of amides is 1. The smallest absolute Gasteiger partial charge is 0.408 e. The summed E-state index contributed by atoms with van der Waals surface area (Å²) < 4.78 is 3.22. The summed E-state index contributed by atoms with van der Waals surface area (Å²) in [5, 5.41) is 2.66. The van der Waals surface area contributed by atoms with Crippen LogP contribution in [0.2, 0.25) is 0 Å². The van der Waals surface area contributed by atoms with Crippen molar-refractivity contribution in [2.24, 2.45) is 0 Å². The summed E-state index contributed by atoms with van der Waals surface area (Å²) in [4.78, 5) is 13.6. The first kappa shape index (κ1) is 15.5. The number of hydrogen-bond donors (Lipinski definition) is 1. The average molecular weight is 338 g/mol. The van der Waals surface area contributed by atoms with E-state index >= 15 is 0 Å². The number of hydrogen-bond acceptors (Lipinski definition) is 3. The number of nitrogens with zero attached hydrogens (tertiary/aromatic N) is 1. The van der Waals surface area contributed by atoms with Crippen LogP contribution in [-0.2, 0) is 11.2 Å². The van der Waals surface area contributed by atoms with E-state index in [1.54, 1.807) is 0 Å². The molecular weight excluding hydrogens is 323 g/mol. The first-order chi connectivity index (χ1) is 9.37. The van der Waals surface area contributed by atoms with Crippen LogP contribution in [0.5, 0.6) is 0 Å². The molecular formula is C13H15Cl3N2O2. The van der Waals surface area contributed by atoms with Gasteiger partial charge in [0.25, 0.3) is 0 Å². The fraction of sp³-hybridized carbons (Fsp3) is 0.462. The lowest BCUT2D eigenvalue weighted by molar-refractivity contribution is 0.148. The number of ether oxygens (including phenoxy) is 1. The van der Waals surface area contributed by atoms with Crippen LogP contribution in [0.3, 0.4) is 0 Å². The highest BCUT2D eigenvalue weighted by molar-refractivity contribution is 6.67. The first-order valence-corrected chi connectivity index (χ1v) is 7.32. The Labute approximate surface area is 132 Å². The molecule has 0 spiro atoms. The predicted molar refractivity (Wildman–Crippen MR) is 81.7 cm³/mol. The van der Waals surface area contributed by atoms with Crippen LogP contribution in [0.4, 0.5) is 10.5 Å². The summed E-state index contributed by atoms with van der Waals surface area (Å²) >= 11 is 16.5. The lowest BCUT2D eigenvalue weighted by atomic mass is 10.1. The van der Waals surface area contributed by atoms with Crippen LogP contribution in [0.1, 0.15) is 12.5 Å². The fourth-order valence-corrected chi connectivity index (χ4v) is 2.38. The zero-order chi connectivity index (χ0) is 14.8. The number of nitrogens with one attached hydrogen (secondary N) is 1. The van der Waals surface area contributed by atoms with Crippen molar-refractivity contribution >= 4 is 46.6 Å². The van der Waals surface area contributed by atoms with Crippen LogP contribution >= 0.6 is 34.8 Å². The third kappa shape index (κ3) is 4.08. The maximum atomic E-state index is 11.5. The van der Waals surface area contributed by atoms with E-state index < -0.39 is 9.89 Å². The highest BCUT2D eigenvalue weighted by Crippen LogP contribution is 2.31. The van der Waals surface area contributed by atoms with Crippen LogP contribution in [0.15, 0.2) is 24.3 Å². The molecule has 0 aliphatic carbocycles. The van der Waals surface area contributed by atoms with Crippen LogP contribution in [0, 0.1) is 0 Å². The predicted octanol–water partition coefficient (Wildman–Crippen LogP) is 3.49. The molecule has 0 saturated carbocycles. The number of halogens is 3. The van der Waals surface area contributed by atoms with E-state index in [0.29, 0.717) is 12.7 Å². The van der Waals surface area contributed by atoms with Gasteiger partial charge in [-0.05, 0) is 25.0 Å². The van der Waals surface area contributed by atoms with Crippen molar-refractivity contribution in [3.8, 4) is 0 Å². The SMILES string of the molecule is CC1Cc2ccccc2N1CNC(=O)OCC(Cl)(Cl)Cl. The molecule has 0 bridgehead atoms.